The predicted octanol–water partition coefficient (Wildman–Crippen LogP) is 28.4. The molecule has 0 radical (unpaired) electrons. The maximum absolute atomic E-state index is 13.0. The lowest BCUT2D eigenvalue weighted by Crippen LogP contribution is -2.40. The van der Waals surface area contributed by atoms with Gasteiger partial charge in [-0.05, 0) is 109 Å². The molecule has 0 amide bonds. The Bertz CT molecular complexity index is 2170. The van der Waals surface area contributed by atoms with E-state index in [-0.39, 0.29) is 38.2 Å². The molecule has 0 aromatic heterocycles. The largest absolute Gasteiger partial charge is 0.477 e. The Hall–Kier alpha value is -4.57. The monoisotopic (exact) mass is 1440 g/mol. The highest BCUT2D eigenvalue weighted by molar-refractivity contribution is 5.71. The first-order chi connectivity index (χ1) is 50.6. The van der Waals surface area contributed by atoms with Crippen LogP contribution in [0.3, 0.4) is 0 Å². The second kappa shape index (κ2) is 83.1. The summed E-state index contributed by atoms with van der Waals surface area (Å²) < 4.78 is 23.1. The molecule has 0 heterocycles. The molecule has 0 aromatic rings. The van der Waals surface area contributed by atoms with Gasteiger partial charge in [-0.1, -0.05) is 398 Å². The summed E-state index contributed by atoms with van der Waals surface area (Å²) in [5, 5.41) is 9.79. The number of hydrogen-bond donors (Lipinski definition) is 1. The summed E-state index contributed by atoms with van der Waals surface area (Å²) in [5.41, 5.74) is 0. The zero-order chi connectivity index (χ0) is 74.6. The molecule has 0 bridgehead atoms. The summed E-state index contributed by atoms with van der Waals surface area (Å²) in [7, 11) is 5.99. The highest BCUT2D eigenvalue weighted by Crippen LogP contribution is 2.20. The van der Waals surface area contributed by atoms with Crippen LogP contribution in [0, 0.1) is 0 Å². The number of nitrogens with zero attached hydrogens (tertiary/aromatic N) is 1. The first-order valence-corrected chi connectivity index (χ1v) is 43.3. The Labute approximate surface area is 637 Å². The minimum absolute atomic E-state index is 0.181. The summed E-state index contributed by atoms with van der Waals surface area (Å²) in [4.78, 5) is 37.8. The molecule has 2 atom stereocenters. The van der Waals surface area contributed by atoms with Crippen molar-refractivity contribution < 1.29 is 42.9 Å². The maximum Gasteiger partial charge on any atom is 0.361 e. The van der Waals surface area contributed by atoms with Crippen molar-refractivity contribution in [3.63, 3.8) is 0 Å². The number of rotatable bonds is 80. The molecular formula is C94H164NO8+. The second-order valence-electron chi connectivity index (χ2n) is 30.1. The van der Waals surface area contributed by atoms with E-state index in [0.29, 0.717) is 17.4 Å². The second-order valence-corrected chi connectivity index (χ2v) is 30.1. The Morgan fingerprint density at radius 3 is 0.777 bits per heavy atom. The van der Waals surface area contributed by atoms with Crippen molar-refractivity contribution in [2.45, 2.75) is 399 Å². The van der Waals surface area contributed by atoms with Gasteiger partial charge in [-0.15, -0.1) is 0 Å². The number of aliphatic carboxylic acids is 1. The molecule has 0 rings (SSSR count). The lowest BCUT2D eigenvalue weighted by molar-refractivity contribution is -0.870. The first-order valence-electron chi connectivity index (χ1n) is 43.3. The van der Waals surface area contributed by atoms with Crippen molar-refractivity contribution in [3.8, 4) is 0 Å². The van der Waals surface area contributed by atoms with Crippen LogP contribution in [0.2, 0.25) is 0 Å². The lowest BCUT2D eigenvalue weighted by atomic mass is 10.0. The summed E-state index contributed by atoms with van der Waals surface area (Å²) in [6, 6.07) is 0. The molecule has 0 saturated heterocycles. The van der Waals surface area contributed by atoms with E-state index in [1.807, 2.05) is 21.1 Å². The number of quaternary nitrogens is 1. The van der Waals surface area contributed by atoms with Crippen LogP contribution in [0.1, 0.15) is 386 Å². The standard InChI is InChI=1S/C94H163NO8/c1-6-8-10-12-14-16-18-20-22-24-26-28-30-32-34-36-38-40-42-44-45-46-47-49-50-52-54-56-58-60-62-64-66-68-70-72-74-76-78-80-82-84-91(96)101-88-90(89-102-94(93(98)99)100-87-86-95(3,4)5)103-92(97)85-83-81-79-77-75-73-71-69-67-65-63-61-59-57-55-53-51-48-43-41-39-37-35-33-31-29-27-25-23-21-19-17-15-13-11-9-7-2/h8-11,14-17,20-23,26-29,32-35,39,41,90,94H,6-7,12-13,18-19,24-25,30-31,36-38,40,42-89H2,1-5H3/p+1/b10-8-,11-9-,16-14-,17-15-,22-20-,23-21-,28-26-,29-27-,34-32-,35-33-,41-39-. The van der Waals surface area contributed by atoms with Crippen molar-refractivity contribution in [3.05, 3.63) is 134 Å². The van der Waals surface area contributed by atoms with Crippen molar-refractivity contribution >= 4 is 17.9 Å². The van der Waals surface area contributed by atoms with E-state index in [9.17, 15) is 19.5 Å². The van der Waals surface area contributed by atoms with Gasteiger partial charge in [-0.3, -0.25) is 9.59 Å². The van der Waals surface area contributed by atoms with Crippen LogP contribution in [0.15, 0.2) is 134 Å². The third kappa shape index (κ3) is 84.6. The fraction of sp³-hybridized carbons (Fsp3) is 0.734. The van der Waals surface area contributed by atoms with E-state index in [2.05, 4.69) is 148 Å². The van der Waals surface area contributed by atoms with Gasteiger partial charge in [-0.25, -0.2) is 4.79 Å². The molecule has 0 aliphatic rings. The minimum atomic E-state index is -1.51. The molecule has 0 aromatic carbocycles. The highest BCUT2D eigenvalue weighted by atomic mass is 16.7. The van der Waals surface area contributed by atoms with Crippen LogP contribution in [0.5, 0.6) is 0 Å². The summed E-state index contributed by atoms with van der Waals surface area (Å²) in [5.74, 6) is -1.98. The summed E-state index contributed by atoms with van der Waals surface area (Å²) in [6.45, 7) is 4.69. The van der Waals surface area contributed by atoms with E-state index in [1.165, 1.54) is 250 Å². The minimum Gasteiger partial charge on any atom is -0.477 e. The van der Waals surface area contributed by atoms with Crippen LogP contribution in [-0.4, -0.2) is 87.4 Å². The fourth-order valence-electron chi connectivity index (χ4n) is 12.4. The van der Waals surface area contributed by atoms with Gasteiger partial charge < -0.3 is 28.5 Å². The summed E-state index contributed by atoms with van der Waals surface area (Å²) in [6.07, 6.45) is 118. The van der Waals surface area contributed by atoms with E-state index in [1.54, 1.807) is 0 Å². The molecule has 9 heteroatoms. The van der Waals surface area contributed by atoms with Crippen molar-refractivity contribution in [2.24, 2.45) is 0 Å². The van der Waals surface area contributed by atoms with Gasteiger partial charge >= 0.3 is 17.9 Å². The summed E-state index contributed by atoms with van der Waals surface area (Å²) >= 11 is 0. The van der Waals surface area contributed by atoms with E-state index in [0.717, 1.165) is 109 Å². The maximum atomic E-state index is 13.0. The van der Waals surface area contributed by atoms with Crippen LogP contribution in [0.4, 0.5) is 0 Å². The Morgan fingerprint density at radius 1 is 0.291 bits per heavy atom. The average molecular weight is 1440 g/mol. The molecular weight excluding hydrogens is 1270 g/mol. The van der Waals surface area contributed by atoms with Gasteiger partial charge in [0.1, 0.15) is 13.2 Å². The Morgan fingerprint density at radius 2 is 0.524 bits per heavy atom. The van der Waals surface area contributed by atoms with Gasteiger partial charge in [0.2, 0.25) is 0 Å². The molecule has 0 spiro atoms. The molecule has 0 fully saturated rings. The van der Waals surface area contributed by atoms with Crippen LogP contribution >= 0.6 is 0 Å². The number of allylic oxidation sites excluding steroid dienone is 22. The SMILES string of the molecule is CC/C=C\C/C=C\C/C=C\C/C=C\C/C=C\C/C=C\CCCCCCCCCCCCCCCCCCCCC(=O)OC(COC(=O)CCCCCCCCCCCCCCCCCCCCCCCCCCC/C=C\C/C=C\C/C=C\C/C=C\C/C=C\CC)COC(OCC[N+](C)(C)C)C(=O)O. The third-order valence-corrected chi connectivity index (χ3v) is 18.9. The van der Waals surface area contributed by atoms with Gasteiger partial charge in [0, 0.05) is 12.8 Å². The number of unbranched alkanes of at least 4 members (excludes halogenated alkanes) is 43. The molecule has 1 N–H and O–H groups in total. The van der Waals surface area contributed by atoms with Gasteiger partial charge in [0.15, 0.2) is 6.10 Å². The number of carboxylic acids is 1. The normalized spacial score (nSPS) is 13.3. The number of esters is 2. The van der Waals surface area contributed by atoms with Crippen LogP contribution in [-0.2, 0) is 33.3 Å². The van der Waals surface area contributed by atoms with Crippen molar-refractivity contribution in [1.82, 2.24) is 0 Å². The zero-order valence-electron chi connectivity index (χ0n) is 67.9. The zero-order valence-corrected chi connectivity index (χ0v) is 67.9. The van der Waals surface area contributed by atoms with Gasteiger partial charge in [-0.2, -0.15) is 0 Å². The molecule has 0 saturated carbocycles. The van der Waals surface area contributed by atoms with Crippen LogP contribution < -0.4 is 0 Å². The number of carbonyl (C=O) groups excluding carboxylic acids is 2. The third-order valence-electron chi connectivity index (χ3n) is 18.9. The predicted molar refractivity (Wildman–Crippen MR) is 447 cm³/mol. The molecule has 0 aliphatic heterocycles. The van der Waals surface area contributed by atoms with Gasteiger partial charge in [0.25, 0.3) is 6.29 Å². The fourth-order valence-corrected chi connectivity index (χ4v) is 12.4. The smallest absolute Gasteiger partial charge is 0.361 e. The number of likely N-dealkylation sites (N-methyl/N-ethyl adjacent to an activating group) is 1. The van der Waals surface area contributed by atoms with E-state index in [4.69, 9.17) is 18.9 Å². The number of hydrogen-bond acceptors (Lipinski definition) is 7. The average Bonchev–Trinajstić information content (AvgIpc) is 1.16. The van der Waals surface area contributed by atoms with Gasteiger partial charge in [0.05, 0.1) is 34.4 Å². The Kier molecular flexibility index (Phi) is 79.4. The quantitative estimate of drug-likeness (QED) is 0.0211. The molecule has 103 heavy (non-hydrogen) atoms. The number of ether oxygens (including phenoxy) is 4. The molecule has 9 nitrogen and oxygen atoms in total. The molecule has 592 valence electrons. The number of carbonyl (C=O) groups is 3. The van der Waals surface area contributed by atoms with Crippen molar-refractivity contribution in [2.75, 3.05) is 47.5 Å². The number of carboxylic acid groups (broad SMARTS) is 1. The highest BCUT2D eigenvalue weighted by Gasteiger charge is 2.25. The van der Waals surface area contributed by atoms with E-state index < -0.39 is 18.4 Å². The molecule has 2 unspecified atom stereocenters. The first kappa shape index (κ1) is 98.4. The topological polar surface area (TPSA) is 108 Å². The van der Waals surface area contributed by atoms with Crippen LogP contribution in [0.25, 0.3) is 0 Å². The Balaban J connectivity index is 3.95. The molecule has 0 aliphatic carbocycles. The van der Waals surface area contributed by atoms with Crippen molar-refractivity contribution in [1.29, 1.82) is 0 Å². The lowest BCUT2D eigenvalue weighted by Gasteiger charge is -2.25. The van der Waals surface area contributed by atoms with E-state index >= 15 is 0 Å².